The molecule has 1 aliphatic heterocycles. The van der Waals surface area contributed by atoms with Gasteiger partial charge in [0.2, 0.25) is 12.3 Å². The number of ether oxygens (including phenoxy) is 1. The van der Waals surface area contributed by atoms with E-state index >= 15 is 0 Å². The highest BCUT2D eigenvalue weighted by atomic mass is 16.6. The fourth-order valence-corrected chi connectivity index (χ4v) is 2.77. The first-order valence-electron chi connectivity index (χ1n) is 8.63. The van der Waals surface area contributed by atoms with Gasteiger partial charge in [0, 0.05) is 12.0 Å². The summed E-state index contributed by atoms with van der Waals surface area (Å²) in [6.07, 6.45) is -1.30. The van der Waals surface area contributed by atoms with E-state index in [2.05, 4.69) is 0 Å². The Kier molecular flexibility index (Phi) is 5.86. The summed E-state index contributed by atoms with van der Waals surface area (Å²) in [6, 6.07) is 2.71. The van der Waals surface area contributed by atoms with E-state index in [9.17, 15) is 29.1 Å². The van der Waals surface area contributed by atoms with Crippen LogP contribution in [-0.2, 0) is 19.1 Å². The van der Waals surface area contributed by atoms with Crippen LogP contribution in [0.4, 0.5) is 4.79 Å². The van der Waals surface area contributed by atoms with Gasteiger partial charge in [0.25, 0.3) is 11.8 Å². The first-order valence-corrected chi connectivity index (χ1v) is 8.63. The number of aryl methyl sites for hydroxylation is 1. The van der Waals surface area contributed by atoms with E-state index in [4.69, 9.17) is 4.74 Å². The molecule has 1 unspecified atom stereocenters. The first kappa shape index (κ1) is 21.1. The van der Waals surface area contributed by atoms with Crippen LogP contribution in [0.3, 0.4) is 0 Å². The van der Waals surface area contributed by atoms with E-state index in [0.717, 1.165) is 0 Å². The molecule has 0 aromatic heterocycles. The topological polar surface area (TPSA) is 121 Å². The van der Waals surface area contributed by atoms with E-state index in [-0.39, 0.29) is 30.6 Å². The third-order valence-corrected chi connectivity index (χ3v) is 4.10. The molecule has 1 aromatic rings. The molecule has 0 radical (unpaired) electrons. The van der Waals surface area contributed by atoms with Gasteiger partial charge in [-0.2, -0.15) is 4.90 Å². The number of benzene rings is 1. The van der Waals surface area contributed by atoms with Gasteiger partial charge in [-0.3, -0.25) is 24.1 Å². The normalized spacial score (nSPS) is 17.3. The highest BCUT2D eigenvalue weighted by Crippen LogP contribution is 2.24. The number of carbonyl (C=O) groups excluding carboxylic acids is 5. The molecule has 5 amide bonds. The van der Waals surface area contributed by atoms with Crippen molar-refractivity contribution in [3.05, 3.63) is 29.3 Å². The van der Waals surface area contributed by atoms with Crippen molar-refractivity contribution in [1.82, 2.24) is 9.80 Å². The second-order valence-corrected chi connectivity index (χ2v) is 7.42. The highest BCUT2D eigenvalue weighted by Gasteiger charge is 2.44. The number of rotatable bonds is 3. The predicted octanol–water partition coefficient (Wildman–Crippen LogP) is 1.75. The molecule has 0 spiro atoms. The van der Waals surface area contributed by atoms with Crippen molar-refractivity contribution in [2.75, 3.05) is 0 Å². The number of phenolic OH excluding ortho intramolecular Hbond substituents is 1. The largest absolute Gasteiger partial charge is 0.508 e. The minimum atomic E-state index is -1.34. The van der Waals surface area contributed by atoms with Crippen LogP contribution in [-0.4, -0.2) is 56.8 Å². The van der Waals surface area contributed by atoms with E-state index in [1.165, 1.54) is 18.2 Å². The second kappa shape index (κ2) is 7.79. The Morgan fingerprint density at radius 2 is 1.93 bits per heavy atom. The van der Waals surface area contributed by atoms with Crippen LogP contribution in [0.2, 0.25) is 0 Å². The van der Waals surface area contributed by atoms with Gasteiger partial charge in [-0.05, 0) is 51.8 Å². The SMILES string of the molecule is Cc1ccc(O)cc1C(=O)N(C=O)C1CCC(=O)N(C(=O)OC(C)(C)C)C1=O. The maximum absolute atomic E-state index is 12.8. The summed E-state index contributed by atoms with van der Waals surface area (Å²) in [4.78, 5) is 62.5. The first-order chi connectivity index (χ1) is 13.0. The Balaban J connectivity index is 2.33. The molecule has 9 nitrogen and oxygen atoms in total. The Morgan fingerprint density at radius 3 is 2.50 bits per heavy atom. The monoisotopic (exact) mass is 390 g/mol. The molecule has 1 saturated heterocycles. The van der Waals surface area contributed by atoms with E-state index in [0.29, 0.717) is 15.4 Å². The summed E-state index contributed by atoms with van der Waals surface area (Å²) in [5, 5.41) is 9.62. The summed E-state index contributed by atoms with van der Waals surface area (Å²) < 4.78 is 5.08. The van der Waals surface area contributed by atoms with Gasteiger partial charge in [0.15, 0.2) is 0 Å². The number of hydrogen-bond acceptors (Lipinski definition) is 7. The Hall–Kier alpha value is -3.23. The van der Waals surface area contributed by atoms with Crippen molar-refractivity contribution in [3.8, 4) is 5.75 Å². The van der Waals surface area contributed by atoms with Crippen molar-refractivity contribution >= 4 is 30.2 Å². The third kappa shape index (κ3) is 4.36. The molecule has 2 rings (SSSR count). The van der Waals surface area contributed by atoms with Gasteiger partial charge in [-0.1, -0.05) is 6.07 Å². The predicted molar refractivity (Wildman–Crippen MR) is 96.2 cm³/mol. The highest BCUT2D eigenvalue weighted by molar-refractivity contribution is 6.14. The van der Waals surface area contributed by atoms with Gasteiger partial charge < -0.3 is 9.84 Å². The molecule has 9 heteroatoms. The van der Waals surface area contributed by atoms with Gasteiger partial charge >= 0.3 is 6.09 Å². The molecular weight excluding hydrogens is 368 g/mol. The average molecular weight is 390 g/mol. The smallest absolute Gasteiger partial charge is 0.424 e. The number of hydrogen-bond donors (Lipinski definition) is 1. The van der Waals surface area contributed by atoms with Crippen LogP contribution >= 0.6 is 0 Å². The lowest BCUT2D eigenvalue weighted by Crippen LogP contribution is -2.58. The van der Waals surface area contributed by atoms with Crippen LogP contribution in [0.15, 0.2) is 18.2 Å². The summed E-state index contributed by atoms with van der Waals surface area (Å²) >= 11 is 0. The van der Waals surface area contributed by atoms with Crippen LogP contribution < -0.4 is 0 Å². The van der Waals surface area contributed by atoms with Crippen molar-refractivity contribution in [2.24, 2.45) is 0 Å². The Bertz CT molecular complexity index is 841. The van der Waals surface area contributed by atoms with Gasteiger partial charge in [0.1, 0.15) is 17.4 Å². The maximum Gasteiger partial charge on any atom is 0.424 e. The van der Waals surface area contributed by atoms with Crippen LogP contribution in [0.5, 0.6) is 5.75 Å². The zero-order chi connectivity index (χ0) is 21.2. The third-order valence-electron chi connectivity index (χ3n) is 4.10. The zero-order valence-electron chi connectivity index (χ0n) is 16.1. The lowest BCUT2D eigenvalue weighted by atomic mass is 10.0. The number of carbonyl (C=O) groups is 5. The minimum Gasteiger partial charge on any atom is -0.508 e. The van der Waals surface area contributed by atoms with E-state index < -0.39 is 35.5 Å². The molecule has 1 fully saturated rings. The van der Waals surface area contributed by atoms with Crippen molar-refractivity contribution in [1.29, 1.82) is 0 Å². The molecule has 28 heavy (non-hydrogen) atoms. The van der Waals surface area contributed by atoms with Crippen LogP contribution in [0, 0.1) is 6.92 Å². The van der Waals surface area contributed by atoms with Crippen molar-refractivity contribution in [3.63, 3.8) is 0 Å². The quantitative estimate of drug-likeness (QED) is 0.616. The zero-order valence-corrected chi connectivity index (χ0v) is 16.1. The lowest BCUT2D eigenvalue weighted by Gasteiger charge is -2.34. The number of nitrogens with zero attached hydrogens (tertiary/aromatic N) is 2. The van der Waals surface area contributed by atoms with Gasteiger partial charge in [-0.25, -0.2) is 4.79 Å². The number of piperidine rings is 1. The van der Waals surface area contributed by atoms with Crippen molar-refractivity contribution in [2.45, 2.75) is 52.2 Å². The molecule has 0 aliphatic carbocycles. The van der Waals surface area contributed by atoms with Gasteiger partial charge in [-0.15, -0.1) is 0 Å². The molecular formula is C19H22N2O7. The molecule has 0 saturated carbocycles. The summed E-state index contributed by atoms with van der Waals surface area (Å²) in [5.74, 6) is -2.77. The van der Waals surface area contributed by atoms with Crippen LogP contribution in [0.1, 0.15) is 49.5 Å². The van der Waals surface area contributed by atoms with E-state index in [1.807, 2.05) is 0 Å². The van der Waals surface area contributed by atoms with Crippen LogP contribution in [0.25, 0.3) is 0 Å². The molecule has 1 heterocycles. The number of aromatic hydroxyl groups is 1. The minimum absolute atomic E-state index is 0.0284. The molecule has 0 bridgehead atoms. The average Bonchev–Trinajstić information content (AvgIpc) is 2.57. The fourth-order valence-electron chi connectivity index (χ4n) is 2.77. The summed E-state index contributed by atoms with van der Waals surface area (Å²) in [7, 11) is 0. The van der Waals surface area contributed by atoms with Crippen molar-refractivity contribution < 1.29 is 33.8 Å². The number of likely N-dealkylation sites (tertiary alicyclic amines) is 1. The summed E-state index contributed by atoms with van der Waals surface area (Å²) in [5.41, 5.74) is -0.428. The number of imide groups is 4. The lowest BCUT2D eigenvalue weighted by molar-refractivity contribution is -0.152. The Labute approximate surface area is 161 Å². The van der Waals surface area contributed by atoms with Gasteiger partial charge in [0.05, 0.1) is 0 Å². The molecule has 1 aromatic carbocycles. The number of amides is 5. The molecule has 1 atom stereocenters. The van der Waals surface area contributed by atoms with E-state index in [1.54, 1.807) is 27.7 Å². The second-order valence-electron chi connectivity index (χ2n) is 7.42. The number of phenols is 1. The molecule has 150 valence electrons. The standard InChI is InChI=1S/C19H22N2O7/c1-11-5-6-12(23)9-13(11)16(25)20(10-22)14-7-8-15(24)21(17(14)26)18(27)28-19(2,3)4/h5-6,9-10,14,23H,7-8H2,1-4H3. The molecule has 1 N–H and O–H groups in total. The Morgan fingerprint density at radius 1 is 1.29 bits per heavy atom. The maximum atomic E-state index is 12.8. The fraction of sp³-hybridized carbons (Fsp3) is 0.421. The molecule has 1 aliphatic rings. The summed E-state index contributed by atoms with van der Waals surface area (Å²) in [6.45, 7) is 6.34.